The molecule has 3 aromatic rings. The monoisotopic (exact) mass is 421 g/mol. The number of aliphatic carboxylic acids is 1. The molecule has 0 saturated carbocycles. The molecular formula is C20H15N5O4S. The number of carboxylic acids is 1. The van der Waals surface area contributed by atoms with Crippen LogP contribution in [0.25, 0.3) is 0 Å². The zero-order valence-electron chi connectivity index (χ0n) is 15.6. The minimum atomic E-state index is -0.993. The molecule has 5 rings (SSSR count). The van der Waals surface area contributed by atoms with Crippen LogP contribution in [0.3, 0.4) is 0 Å². The first-order chi connectivity index (χ1) is 14.5. The molecule has 5 heterocycles. The highest BCUT2D eigenvalue weighted by Gasteiger charge is 2.46. The van der Waals surface area contributed by atoms with Gasteiger partial charge in [-0.05, 0) is 37.3 Å². The highest BCUT2D eigenvalue weighted by molar-refractivity contribution is 8.00. The molecule has 2 unspecified atom stereocenters. The van der Waals surface area contributed by atoms with Crippen molar-refractivity contribution in [3.63, 3.8) is 0 Å². The number of aromatic nitrogens is 3. The molecule has 0 aliphatic carbocycles. The number of rotatable bonds is 4. The van der Waals surface area contributed by atoms with Gasteiger partial charge in [0.1, 0.15) is 27.6 Å². The molecule has 2 amide bonds. The highest BCUT2D eigenvalue weighted by Crippen LogP contribution is 2.50. The fourth-order valence-corrected chi connectivity index (χ4v) is 4.67. The molecule has 2 N–H and O–H groups in total. The molecule has 150 valence electrons. The number of thioether (sulfide) groups is 1. The second-order valence-corrected chi connectivity index (χ2v) is 7.86. The van der Waals surface area contributed by atoms with Crippen LogP contribution in [-0.2, 0) is 4.79 Å². The average Bonchev–Trinajstić information content (AvgIpc) is 3.11. The second kappa shape index (κ2) is 6.99. The van der Waals surface area contributed by atoms with E-state index in [1.54, 1.807) is 36.7 Å². The molecule has 2 atom stereocenters. The summed E-state index contributed by atoms with van der Waals surface area (Å²) in [4.78, 5) is 38.7. The van der Waals surface area contributed by atoms with Gasteiger partial charge in [0.25, 0.3) is 0 Å². The second-order valence-electron chi connectivity index (χ2n) is 6.73. The number of hydrogen-bond acceptors (Lipinski definition) is 7. The summed E-state index contributed by atoms with van der Waals surface area (Å²) in [6.45, 7) is 1.85. The molecule has 2 aliphatic heterocycles. The van der Waals surface area contributed by atoms with Gasteiger partial charge in [0.05, 0.1) is 23.6 Å². The lowest BCUT2D eigenvalue weighted by Crippen LogP contribution is -2.47. The summed E-state index contributed by atoms with van der Waals surface area (Å²) in [5, 5.41) is 12.1. The zero-order valence-corrected chi connectivity index (χ0v) is 16.5. The van der Waals surface area contributed by atoms with Crippen LogP contribution >= 0.6 is 11.8 Å². The minimum absolute atomic E-state index is 0.387. The van der Waals surface area contributed by atoms with Crippen LogP contribution in [0.5, 0.6) is 11.5 Å². The Morgan fingerprint density at radius 1 is 1.20 bits per heavy atom. The van der Waals surface area contributed by atoms with Crippen molar-refractivity contribution in [3.8, 4) is 11.5 Å². The van der Waals surface area contributed by atoms with Crippen LogP contribution in [0.15, 0.2) is 53.9 Å². The lowest BCUT2D eigenvalue weighted by atomic mass is 10.0. The third kappa shape index (κ3) is 2.92. The van der Waals surface area contributed by atoms with Crippen molar-refractivity contribution in [2.75, 3.05) is 4.90 Å². The Hall–Kier alpha value is -3.66. The number of nitrogens with one attached hydrogen (secondary N) is 1. The van der Waals surface area contributed by atoms with Crippen molar-refractivity contribution in [2.45, 2.75) is 23.2 Å². The number of amides is 2. The lowest BCUT2D eigenvalue weighted by molar-refractivity contribution is -0.136. The standard InChI is InChI=1S/C20H15N5O4S/c1-10-13(3-2-7-21-10)29-11-4-5-14(23-9-11)25-12-6-8-22-18-15(12)16(24-20(25)28)17(30-18)19(26)27/h2-9,16-17H,1H3,(H,24,28)(H,26,27). The smallest absolute Gasteiger partial charge is 0.328 e. The van der Waals surface area contributed by atoms with Crippen LogP contribution in [0.1, 0.15) is 17.3 Å². The normalized spacial score (nSPS) is 19.2. The first-order valence-corrected chi connectivity index (χ1v) is 9.95. The maximum absolute atomic E-state index is 12.9. The maximum Gasteiger partial charge on any atom is 0.328 e. The van der Waals surface area contributed by atoms with E-state index in [9.17, 15) is 14.7 Å². The van der Waals surface area contributed by atoms with Crippen molar-refractivity contribution >= 4 is 35.3 Å². The van der Waals surface area contributed by atoms with E-state index in [2.05, 4.69) is 20.3 Å². The molecule has 2 aliphatic rings. The number of anilines is 2. The number of hydrogen-bond donors (Lipinski definition) is 2. The van der Waals surface area contributed by atoms with Gasteiger partial charge >= 0.3 is 12.0 Å². The molecule has 30 heavy (non-hydrogen) atoms. The van der Waals surface area contributed by atoms with Gasteiger partial charge in [-0.1, -0.05) is 11.8 Å². The van der Waals surface area contributed by atoms with E-state index >= 15 is 0 Å². The molecule has 0 spiro atoms. The van der Waals surface area contributed by atoms with E-state index in [4.69, 9.17) is 4.74 Å². The molecule has 0 saturated heterocycles. The fourth-order valence-electron chi connectivity index (χ4n) is 3.51. The Labute approximate surface area is 175 Å². The van der Waals surface area contributed by atoms with Crippen LogP contribution in [0.4, 0.5) is 16.3 Å². The van der Waals surface area contributed by atoms with E-state index < -0.39 is 23.3 Å². The van der Waals surface area contributed by atoms with Crippen LogP contribution in [-0.4, -0.2) is 37.3 Å². The maximum atomic E-state index is 12.9. The Morgan fingerprint density at radius 3 is 2.80 bits per heavy atom. The van der Waals surface area contributed by atoms with Crippen molar-refractivity contribution in [1.29, 1.82) is 0 Å². The highest BCUT2D eigenvalue weighted by atomic mass is 32.2. The van der Waals surface area contributed by atoms with Crippen molar-refractivity contribution in [1.82, 2.24) is 20.3 Å². The summed E-state index contributed by atoms with van der Waals surface area (Å²) in [6, 6.07) is 7.60. The fraction of sp³-hybridized carbons (Fsp3) is 0.150. The summed E-state index contributed by atoms with van der Waals surface area (Å²) in [7, 11) is 0. The SMILES string of the molecule is Cc1ncccc1Oc1ccc(N2C(=O)NC3c4c2ccnc4SC3C(=O)O)nc1. The summed E-state index contributed by atoms with van der Waals surface area (Å²) >= 11 is 1.14. The van der Waals surface area contributed by atoms with Crippen molar-refractivity contribution < 1.29 is 19.4 Å². The number of carbonyl (C=O) groups is 2. The molecular weight excluding hydrogens is 406 g/mol. The quantitative estimate of drug-likeness (QED) is 0.658. The summed E-state index contributed by atoms with van der Waals surface area (Å²) in [5.41, 5.74) is 2.03. The van der Waals surface area contributed by atoms with Gasteiger partial charge < -0.3 is 15.2 Å². The van der Waals surface area contributed by atoms with Gasteiger partial charge in [0, 0.05) is 18.0 Å². The Kier molecular flexibility index (Phi) is 4.28. The number of aryl methyl sites for hydroxylation is 1. The molecule has 9 nitrogen and oxygen atoms in total. The third-order valence-corrected chi connectivity index (χ3v) is 6.16. The number of carbonyl (C=O) groups excluding carboxylic acids is 1. The number of urea groups is 1. The van der Waals surface area contributed by atoms with E-state index in [-0.39, 0.29) is 0 Å². The van der Waals surface area contributed by atoms with Gasteiger partial charge in [-0.15, -0.1) is 0 Å². The Balaban J connectivity index is 1.48. The summed E-state index contributed by atoms with van der Waals surface area (Å²) in [5.74, 6) is 0.521. The minimum Gasteiger partial charge on any atom is -0.480 e. The van der Waals surface area contributed by atoms with E-state index in [0.29, 0.717) is 33.6 Å². The first-order valence-electron chi connectivity index (χ1n) is 9.07. The van der Waals surface area contributed by atoms with Crippen LogP contribution in [0.2, 0.25) is 0 Å². The molecule has 0 fully saturated rings. The van der Waals surface area contributed by atoms with Gasteiger partial charge in [-0.25, -0.2) is 19.7 Å². The zero-order chi connectivity index (χ0) is 20.8. The molecule has 0 aromatic carbocycles. The van der Waals surface area contributed by atoms with E-state index in [1.807, 2.05) is 13.0 Å². The van der Waals surface area contributed by atoms with Gasteiger partial charge in [0.2, 0.25) is 0 Å². The van der Waals surface area contributed by atoms with E-state index in [1.165, 1.54) is 11.1 Å². The number of nitrogens with zero attached hydrogens (tertiary/aromatic N) is 4. The molecule has 3 aromatic heterocycles. The Morgan fingerprint density at radius 2 is 2.07 bits per heavy atom. The average molecular weight is 421 g/mol. The lowest BCUT2D eigenvalue weighted by Gasteiger charge is -2.33. The third-order valence-electron chi connectivity index (χ3n) is 4.89. The first kappa shape index (κ1) is 18.4. The van der Waals surface area contributed by atoms with Crippen LogP contribution < -0.4 is 15.0 Å². The number of ether oxygens (including phenoxy) is 1. The van der Waals surface area contributed by atoms with Crippen molar-refractivity contribution in [3.05, 3.63) is 60.2 Å². The van der Waals surface area contributed by atoms with Crippen molar-refractivity contribution in [2.24, 2.45) is 0 Å². The largest absolute Gasteiger partial charge is 0.480 e. The number of pyridine rings is 3. The number of carboxylic acid groups (broad SMARTS) is 1. The topological polar surface area (TPSA) is 118 Å². The van der Waals surface area contributed by atoms with E-state index in [0.717, 1.165) is 17.5 Å². The summed E-state index contributed by atoms with van der Waals surface area (Å²) < 4.78 is 5.81. The predicted molar refractivity (Wildman–Crippen MR) is 108 cm³/mol. The predicted octanol–water partition coefficient (Wildman–Crippen LogP) is 3.43. The molecule has 10 heteroatoms. The molecule has 0 radical (unpaired) electrons. The van der Waals surface area contributed by atoms with Gasteiger partial charge in [-0.2, -0.15) is 0 Å². The Bertz CT molecular complexity index is 1170. The van der Waals surface area contributed by atoms with Gasteiger partial charge in [0.15, 0.2) is 0 Å². The van der Waals surface area contributed by atoms with Crippen LogP contribution in [0, 0.1) is 6.92 Å². The molecule has 0 bridgehead atoms. The van der Waals surface area contributed by atoms with Gasteiger partial charge in [-0.3, -0.25) is 9.78 Å². The summed E-state index contributed by atoms with van der Waals surface area (Å²) in [6.07, 6.45) is 4.78.